The van der Waals surface area contributed by atoms with Gasteiger partial charge in [-0.15, -0.1) is 0 Å². The Balaban J connectivity index is 2.66. The molecule has 0 aromatic rings. The van der Waals surface area contributed by atoms with Crippen LogP contribution in [0.5, 0.6) is 0 Å². The molecule has 3 atom stereocenters. The summed E-state index contributed by atoms with van der Waals surface area (Å²) in [5.41, 5.74) is 0. The van der Waals surface area contributed by atoms with Crippen molar-refractivity contribution >= 4 is 11.9 Å². The molecule has 6 heteroatoms. The molecule has 1 aliphatic carbocycles. The van der Waals surface area contributed by atoms with Crippen molar-refractivity contribution in [1.29, 1.82) is 0 Å². The van der Waals surface area contributed by atoms with E-state index in [0.29, 0.717) is 19.4 Å². The predicted octanol–water partition coefficient (Wildman–Crippen LogP) is 0.943. The van der Waals surface area contributed by atoms with Gasteiger partial charge in [-0.1, -0.05) is 0 Å². The highest BCUT2D eigenvalue weighted by Gasteiger charge is 2.40. The summed E-state index contributed by atoms with van der Waals surface area (Å²) in [7, 11) is 4.10. The van der Waals surface area contributed by atoms with Gasteiger partial charge >= 0.3 is 11.9 Å². The zero-order valence-corrected chi connectivity index (χ0v) is 11.0. The largest absolute Gasteiger partial charge is 0.469 e. The highest BCUT2D eigenvalue weighted by atomic mass is 17.2. The van der Waals surface area contributed by atoms with E-state index in [1.807, 2.05) is 0 Å². The van der Waals surface area contributed by atoms with Crippen LogP contribution < -0.4 is 0 Å². The maximum absolute atomic E-state index is 11.7. The van der Waals surface area contributed by atoms with Crippen LogP contribution in [-0.2, 0) is 28.8 Å². The van der Waals surface area contributed by atoms with E-state index in [1.54, 1.807) is 0 Å². The molecule has 0 aromatic heterocycles. The quantitative estimate of drug-likeness (QED) is 0.416. The third-order valence-corrected chi connectivity index (χ3v) is 3.39. The summed E-state index contributed by atoms with van der Waals surface area (Å²) in [6.07, 6.45) is 1.95. The Hall–Kier alpha value is -1.14. The number of hydrogen-bond acceptors (Lipinski definition) is 6. The molecule has 18 heavy (non-hydrogen) atoms. The summed E-state index contributed by atoms with van der Waals surface area (Å²) in [6.45, 7) is 0.415. The van der Waals surface area contributed by atoms with E-state index in [2.05, 4.69) is 4.89 Å². The van der Waals surface area contributed by atoms with Crippen molar-refractivity contribution < 1.29 is 28.8 Å². The average Bonchev–Trinajstić information content (AvgIpc) is 2.43. The van der Waals surface area contributed by atoms with Crippen molar-refractivity contribution in [3.05, 3.63) is 0 Å². The normalized spacial score (nSPS) is 27.6. The summed E-state index contributed by atoms with van der Waals surface area (Å²) in [6, 6.07) is 0. The number of rotatable bonds is 5. The molecule has 0 saturated heterocycles. The van der Waals surface area contributed by atoms with E-state index in [-0.39, 0.29) is 17.9 Å². The van der Waals surface area contributed by atoms with E-state index in [1.165, 1.54) is 21.3 Å². The predicted molar refractivity (Wildman–Crippen MR) is 61.3 cm³/mol. The minimum Gasteiger partial charge on any atom is -0.469 e. The third-order valence-electron chi connectivity index (χ3n) is 3.39. The molecule has 0 aromatic carbocycles. The third kappa shape index (κ3) is 3.68. The van der Waals surface area contributed by atoms with Crippen molar-refractivity contribution in [2.75, 3.05) is 27.9 Å². The van der Waals surface area contributed by atoms with Gasteiger partial charge in [-0.3, -0.25) is 9.59 Å². The summed E-state index contributed by atoms with van der Waals surface area (Å²) in [5, 5.41) is 0. The molecule has 1 rings (SSSR count). The molecule has 0 heterocycles. The molecular formula is C12H20O6. The highest BCUT2D eigenvalue weighted by molar-refractivity contribution is 5.82. The molecule has 1 fully saturated rings. The zero-order chi connectivity index (χ0) is 13.5. The van der Waals surface area contributed by atoms with Gasteiger partial charge in [0.05, 0.1) is 39.8 Å². The van der Waals surface area contributed by atoms with Gasteiger partial charge in [0.15, 0.2) is 0 Å². The van der Waals surface area contributed by atoms with Crippen LogP contribution in [0.1, 0.15) is 19.3 Å². The summed E-state index contributed by atoms with van der Waals surface area (Å²) in [4.78, 5) is 32.8. The lowest BCUT2D eigenvalue weighted by atomic mass is 9.74. The highest BCUT2D eigenvalue weighted by Crippen LogP contribution is 2.35. The van der Waals surface area contributed by atoms with Gasteiger partial charge in [0, 0.05) is 0 Å². The first-order valence-electron chi connectivity index (χ1n) is 5.95. The Bertz CT molecular complexity index is 290. The van der Waals surface area contributed by atoms with Crippen LogP contribution >= 0.6 is 0 Å². The summed E-state index contributed by atoms with van der Waals surface area (Å²) < 4.78 is 9.48. The molecule has 1 saturated carbocycles. The first-order valence-corrected chi connectivity index (χ1v) is 5.95. The molecule has 6 nitrogen and oxygen atoms in total. The molecule has 0 radical (unpaired) electrons. The van der Waals surface area contributed by atoms with Crippen molar-refractivity contribution in [3.8, 4) is 0 Å². The van der Waals surface area contributed by atoms with Crippen LogP contribution in [0, 0.1) is 17.8 Å². The van der Waals surface area contributed by atoms with Gasteiger partial charge in [0.1, 0.15) is 0 Å². The molecule has 0 N–H and O–H groups in total. The Morgan fingerprint density at radius 1 is 1.00 bits per heavy atom. The minimum absolute atomic E-state index is 0.190. The Labute approximate surface area is 106 Å². The first-order chi connectivity index (χ1) is 8.63. The number of methoxy groups -OCH3 is 2. The van der Waals surface area contributed by atoms with E-state index in [9.17, 15) is 9.59 Å². The topological polar surface area (TPSA) is 71.1 Å². The van der Waals surface area contributed by atoms with Gasteiger partial charge in [-0.2, -0.15) is 0 Å². The van der Waals surface area contributed by atoms with E-state index >= 15 is 0 Å². The maximum Gasteiger partial charge on any atom is 0.309 e. The van der Waals surface area contributed by atoms with E-state index < -0.39 is 11.8 Å². The fourth-order valence-corrected chi connectivity index (χ4v) is 2.42. The SMILES string of the molecule is COOCC1CCC(C(=O)OC)C(C(=O)OC)C1. The molecule has 104 valence electrons. The standard InChI is InChI=1S/C12H20O6/c1-15-11(13)9-5-4-8(7-18-17-3)6-10(9)12(14)16-2/h8-10H,4-7H2,1-3H3. The minimum atomic E-state index is -0.457. The average molecular weight is 260 g/mol. The monoisotopic (exact) mass is 260 g/mol. The molecule has 0 spiro atoms. The van der Waals surface area contributed by atoms with Crippen LogP contribution in [0.3, 0.4) is 0 Å². The van der Waals surface area contributed by atoms with Crippen molar-refractivity contribution in [3.63, 3.8) is 0 Å². The molecule has 0 amide bonds. The van der Waals surface area contributed by atoms with Crippen molar-refractivity contribution in [1.82, 2.24) is 0 Å². The number of carbonyl (C=O) groups excluding carboxylic acids is 2. The number of ether oxygens (including phenoxy) is 2. The number of esters is 2. The van der Waals surface area contributed by atoms with Gasteiger partial charge in [-0.25, -0.2) is 9.78 Å². The zero-order valence-electron chi connectivity index (χ0n) is 11.0. The van der Waals surface area contributed by atoms with Crippen LogP contribution in [-0.4, -0.2) is 39.9 Å². The second-order valence-electron chi connectivity index (χ2n) is 4.39. The van der Waals surface area contributed by atoms with Gasteiger partial charge in [0.25, 0.3) is 0 Å². The summed E-state index contributed by atoms with van der Waals surface area (Å²) in [5.74, 6) is -1.40. The molecule has 0 bridgehead atoms. The lowest BCUT2D eigenvalue weighted by molar-refractivity contribution is -0.281. The fraction of sp³-hybridized carbons (Fsp3) is 0.833. The molecular weight excluding hydrogens is 240 g/mol. The molecule has 0 aliphatic heterocycles. The smallest absolute Gasteiger partial charge is 0.309 e. The fourth-order valence-electron chi connectivity index (χ4n) is 2.42. The van der Waals surface area contributed by atoms with Gasteiger partial charge in [0.2, 0.25) is 0 Å². The van der Waals surface area contributed by atoms with Crippen LogP contribution in [0.4, 0.5) is 0 Å². The Kier molecular flexibility index (Phi) is 6.07. The van der Waals surface area contributed by atoms with Crippen LogP contribution in [0.15, 0.2) is 0 Å². The van der Waals surface area contributed by atoms with E-state index in [0.717, 1.165) is 6.42 Å². The second-order valence-corrected chi connectivity index (χ2v) is 4.39. The van der Waals surface area contributed by atoms with E-state index in [4.69, 9.17) is 14.4 Å². The lowest BCUT2D eigenvalue weighted by Crippen LogP contribution is -2.38. The van der Waals surface area contributed by atoms with Crippen molar-refractivity contribution in [2.24, 2.45) is 17.8 Å². The first kappa shape index (κ1) is 14.9. The number of carbonyl (C=O) groups is 2. The van der Waals surface area contributed by atoms with Crippen LogP contribution in [0.25, 0.3) is 0 Å². The number of hydrogen-bond donors (Lipinski definition) is 0. The van der Waals surface area contributed by atoms with Crippen LogP contribution in [0.2, 0.25) is 0 Å². The molecule has 3 unspecified atom stereocenters. The van der Waals surface area contributed by atoms with Gasteiger partial charge < -0.3 is 9.47 Å². The maximum atomic E-state index is 11.7. The second kappa shape index (κ2) is 7.33. The Morgan fingerprint density at radius 2 is 1.61 bits per heavy atom. The van der Waals surface area contributed by atoms with Gasteiger partial charge in [-0.05, 0) is 25.2 Å². The summed E-state index contributed by atoms with van der Waals surface area (Å²) >= 11 is 0. The van der Waals surface area contributed by atoms with Crippen molar-refractivity contribution in [2.45, 2.75) is 19.3 Å². The molecule has 1 aliphatic rings. The Morgan fingerprint density at radius 3 is 2.17 bits per heavy atom. The lowest BCUT2D eigenvalue weighted by Gasteiger charge is -2.32.